The Labute approximate surface area is 238 Å². The van der Waals surface area contributed by atoms with E-state index in [2.05, 4.69) is 41.0 Å². The Morgan fingerprint density at radius 3 is 2.60 bits per heavy atom. The van der Waals surface area contributed by atoms with Gasteiger partial charge >= 0.3 is 5.69 Å². The van der Waals surface area contributed by atoms with Gasteiger partial charge in [0.1, 0.15) is 5.65 Å². The number of hydrogen-bond acceptors (Lipinski definition) is 4. The molecule has 6 N–H and O–H groups in total. The van der Waals surface area contributed by atoms with E-state index < -0.39 is 11.5 Å². The predicted octanol–water partition coefficient (Wildman–Crippen LogP) is 5.47. The molecule has 2 aromatic carbocycles. The highest BCUT2D eigenvalue weighted by molar-refractivity contribution is 6.31. The van der Waals surface area contributed by atoms with Gasteiger partial charge in [-0.1, -0.05) is 44.0 Å². The summed E-state index contributed by atoms with van der Waals surface area (Å²) in [5.41, 5.74) is 14.3. The number of hydrogen-bond donors (Lipinski definition) is 4. The van der Waals surface area contributed by atoms with Crippen LogP contribution in [-0.2, 0) is 6.42 Å². The third-order valence-corrected chi connectivity index (χ3v) is 7.16. The molecule has 0 saturated carbocycles. The Bertz CT molecular complexity index is 1540. The first-order chi connectivity index (χ1) is 19.1. The topological polar surface area (TPSA) is 127 Å². The van der Waals surface area contributed by atoms with Crippen LogP contribution in [0.4, 0.5) is 4.39 Å². The minimum absolute atomic E-state index is 0.0841. The van der Waals surface area contributed by atoms with Crippen molar-refractivity contribution in [1.82, 2.24) is 19.9 Å². The maximum Gasteiger partial charge on any atom is 0.354 e. The lowest BCUT2D eigenvalue weighted by Crippen LogP contribution is -2.24. The number of halogens is 2. The van der Waals surface area contributed by atoms with Gasteiger partial charge in [0, 0.05) is 29.7 Å². The van der Waals surface area contributed by atoms with E-state index in [4.69, 9.17) is 23.1 Å². The second-order valence-electron chi connectivity index (χ2n) is 10.5. The molecule has 0 saturated heterocycles. The van der Waals surface area contributed by atoms with Crippen molar-refractivity contribution in [2.45, 2.75) is 52.5 Å². The highest BCUT2D eigenvalue weighted by atomic mass is 35.5. The maximum absolute atomic E-state index is 15.1. The maximum atomic E-state index is 15.1. The molecule has 0 spiro atoms. The lowest BCUT2D eigenvalue weighted by atomic mass is 10.00. The number of nitrogens with two attached hydrogens (primary N) is 2. The average molecular weight is 566 g/mol. The lowest BCUT2D eigenvalue weighted by Gasteiger charge is -2.15. The number of guanidine groups is 1. The van der Waals surface area contributed by atoms with Crippen molar-refractivity contribution in [3.8, 4) is 16.9 Å². The SMILES string of the molecule is CC(C)CCCc1cc(Cl)c(F)c(-c2cc3cn(-c4ccc([C@@H](C)NCCCN=C(N)N)cc4)c(=O)nc3[nH]2)c1. The quantitative estimate of drug-likeness (QED) is 0.103. The molecule has 0 bridgehead atoms. The molecule has 0 aliphatic rings. The van der Waals surface area contributed by atoms with Gasteiger partial charge in [0.15, 0.2) is 11.8 Å². The Balaban J connectivity index is 1.53. The Hall–Kier alpha value is -3.69. The summed E-state index contributed by atoms with van der Waals surface area (Å²) < 4.78 is 16.5. The number of rotatable bonds is 12. The summed E-state index contributed by atoms with van der Waals surface area (Å²) in [5.74, 6) is 0.207. The second-order valence-corrected chi connectivity index (χ2v) is 10.9. The van der Waals surface area contributed by atoms with Crippen molar-refractivity contribution >= 4 is 28.6 Å². The zero-order chi connectivity index (χ0) is 28.8. The van der Waals surface area contributed by atoms with Gasteiger partial charge in [0.2, 0.25) is 0 Å². The summed E-state index contributed by atoms with van der Waals surface area (Å²) in [6.07, 6.45) is 5.44. The first-order valence-corrected chi connectivity index (χ1v) is 14.0. The van der Waals surface area contributed by atoms with Crippen LogP contribution in [0, 0.1) is 11.7 Å². The highest BCUT2D eigenvalue weighted by Gasteiger charge is 2.16. The van der Waals surface area contributed by atoms with E-state index in [0.717, 1.165) is 43.4 Å². The fourth-order valence-electron chi connectivity index (χ4n) is 4.67. The summed E-state index contributed by atoms with van der Waals surface area (Å²) >= 11 is 6.25. The molecule has 212 valence electrons. The van der Waals surface area contributed by atoms with Gasteiger partial charge in [-0.15, -0.1) is 0 Å². The van der Waals surface area contributed by atoms with Crippen LogP contribution in [-0.4, -0.2) is 33.6 Å². The molecule has 1 atom stereocenters. The number of H-pyrrole nitrogens is 1. The summed E-state index contributed by atoms with van der Waals surface area (Å²) in [4.78, 5) is 24.2. The number of nitrogens with zero attached hydrogens (tertiary/aromatic N) is 3. The fraction of sp³-hybridized carbons (Fsp3) is 0.367. The summed E-state index contributed by atoms with van der Waals surface area (Å²) in [6, 6.07) is 13.2. The molecule has 0 unspecified atom stereocenters. The van der Waals surface area contributed by atoms with Crippen molar-refractivity contribution in [1.29, 1.82) is 0 Å². The van der Waals surface area contributed by atoms with E-state index in [1.807, 2.05) is 30.3 Å². The van der Waals surface area contributed by atoms with Gasteiger partial charge in [-0.05, 0) is 80.1 Å². The number of nitrogens with one attached hydrogen (secondary N) is 2. The first-order valence-electron chi connectivity index (χ1n) is 13.6. The molecule has 0 aliphatic heterocycles. The summed E-state index contributed by atoms with van der Waals surface area (Å²) in [7, 11) is 0. The summed E-state index contributed by atoms with van der Waals surface area (Å²) in [5, 5.41) is 4.21. The molecule has 2 heterocycles. The molecule has 0 fully saturated rings. The number of aromatic amines is 1. The first kappa shape index (κ1) is 29.3. The van der Waals surface area contributed by atoms with Gasteiger partial charge in [-0.3, -0.25) is 9.56 Å². The number of aryl methyl sites for hydroxylation is 1. The van der Waals surface area contributed by atoms with Gasteiger partial charge in [0.05, 0.1) is 16.4 Å². The zero-order valence-electron chi connectivity index (χ0n) is 23.2. The van der Waals surface area contributed by atoms with Crippen LogP contribution < -0.4 is 22.5 Å². The number of fused-ring (bicyclic) bond motifs is 1. The molecule has 4 rings (SSSR count). The van der Waals surface area contributed by atoms with Gasteiger partial charge < -0.3 is 21.8 Å². The molecule has 0 aliphatic carbocycles. The van der Waals surface area contributed by atoms with Crippen LogP contribution >= 0.6 is 11.6 Å². The van der Waals surface area contributed by atoms with Crippen LogP contribution in [0.1, 0.15) is 57.2 Å². The van der Waals surface area contributed by atoms with Crippen LogP contribution in [0.25, 0.3) is 28.0 Å². The number of aliphatic imine (C=N–C) groups is 1. The molecular formula is C30H37ClFN7O. The molecule has 0 amide bonds. The minimum atomic E-state index is -0.495. The predicted molar refractivity (Wildman–Crippen MR) is 162 cm³/mol. The molecule has 0 radical (unpaired) electrons. The smallest absolute Gasteiger partial charge is 0.354 e. The lowest BCUT2D eigenvalue weighted by molar-refractivity contribution is 0.555. The summed E-state index contributed by atoms with van der Waals surface area (Å²) in [6.45, 7) is 7.78. The highest BCUT2D eigenvalue weighted by Crippen LogP contribution is 2.31. The third kappa shape index (κ3) is 7.28. The largest absolute Gasteiger partial charge is 0.370 e. The third-order valence-electron chi connectivity index (χ3n) is 6.88. The van der Waals surface area contributed by atoms with Crippen molar-refractivity contribution in [2.75, 3.05) is 13.1 Å². The van der Waals surface area contributed by atoms with E-state index in [9.17, 15) is 4.79 Å². The fourth-order valence-corrected chi connectivity index (χ4v) is 4.91. The van der Waals surface area contributed by atoms with Crippen molar-refractivity contribution in [3.63, 3.8) is 0 Å². The van der Waals surface area contributed by atoms with Gasteiger partial charge in [0.25, 0.3) is 0 Å². The van der Waals surface area contributed by atoms with E-state index >= 15 is 4.39 Å². The number of aromatic nitrogens is 3. The average Bonchev–Trinajstić information content (AvgIpc) is 3.32. The van der Waals surface area contributed by atoms with Gasteiger partial charge in [-0.25, -0.2) is 9.18 Å². The number of benzene rings is 2. The Morgan fingerprint density at radius 2 is 1.90 bits per heavy atom. The van der Waals surface area contributed by atoms with Gasteiger partial charge in [-0.2, -0.15) is 4.98 Å². The van der Waals surface area contributed by atoms with Crippen molar-refractivity contribution in [3.05, 3.63) is 81.1 Å². The second kappa shape index (κ2) is 13.1. The van der Waals surface area contributed by atoms with E-state index in [1.165, 1.54) is 4.57 Å². The van der Waals surface area contributed by atoms with E-state index in [-0.39, 0.29) is 17.0 Å². The van der Waals surface area contributed by atoms with Crippen molar-refractivity contribution in [2.24, 2.45) is 22.4 Å². The Morgan fingerprint density at radius 1 is 1.15 bits per heavy atom. The van der Waals surface area contributed by atoms with E-state index in [0.29, 0.717) is 40.4 Å². The molecule has 4 aromatic rings. The molecule has 8 nitrogen and oxygen atoms in total. The molecule has 2 aromatic heterocycles. The van der Waals surface area contributed by atoms with Crippen LogP contribution in [0.15, 0.2) is 58.4 Å². The van der Waals surface area contributed by atoms with Crippen LogP contribution in [0.2, 0.25) is 5.02 Å². The molecular weight excluding hydrogens is 529 g/mol. The monoisotopic (exact) mass is 565 g/mol. The molecule has 40 heavy (non-hydrogen) atoms. The van der Waals surface area contributed by atoms with Crippen LogP contribution in [0.5, 0.6) is 0 Å². The minimum Gasteiger partial charge on any atom is -0.370 e. The Kier molecular flexibility index (Phi) is 9.60. The van der Waals surface area contributed by atoms with Crippen LogP contribution in [0.3, 0.4) is 0 Å². The van der Waals surface area contributed by atoms with E-state index in [1.54, 1.807) is 18.3 Å². The zero-order valence-corrected chi connectivity index (χ0v) is 23.9. The van der Waals surface area contributed by atoms with Crippen molar-refractivity contribution < 1.29 is 4.39 Å². The standard InChI is InChI=1S/C30H37ClFN7O/c1-18(2)6-4-7-20-14-24(27(32)25(31)15-20)26-16-22-17-39(30(40)38-28(22)37-26)23-10-8-21(9-11-23)19(3)35-12-5-13-36-29(33)34/h8-11,14-19,35H,4-7,12-13H2,1-3H3,(H4,33,34,36)(H,37,38,40)/t19-/m1/s1. The normalized spacial score (nSPS) is 12.2. The molecule has 10 heteroatoms.